The van der Waals surface area contributed by atoms with Crippen LogP contribution in [0.5, 0.6) is 0 Å². The van der Waals surface area contributed by atoms with Gasteiger partial charge in [0, 0.05) is 6.54 Å². The van der Waals surface area contributed by atoms with Gasteiger partial charge in [-0.2, -0.15) is 0 Å². The molecule has 0 bridgehead atoms. The predicted molar refractivity (Wildman–Crippen MR) is 75.1 cm³/mol. The third kappa shape index (κ3) is 5.78. The van der Waals surface area contributed by atoms with E-state index in [1.54, 1.807) is 6.92 Å². The molecule has 0 radical (unpaired) electrons. The van der Waals surface area contributed by atoms with Gasteiger partial charge >= 0.3 is 6.09 Å². The van der Waals surface area contributed by atoms with Crippen molar-refractivity contribution in [1.82, 2.24) is 10.2 Å². The first-order chi connectivity index (χ1) is 8.60. The molecule has 0 aromatic heterocycles. The summed E-state index contributed by atoms with van der Waals surface area (Å²) in [6, 6.07) is 0. The largest absolute Gasteiger partial charge is 0.444 e. The number of alkyl carbamates (subject to hydrolysis) is 1. The van der Waals surface area contributed by atoms with Crippen LogP contribution in [0.25, 0.3) is 0 Å². The lowest BCUT2D eigenvalue weighted by molar-refractivity contribution is -0.0266. The van der Waals surface area contributed by atoms with Crippen molar-refractivity contribution in [3.63, 3.8) is 0 Å². The van der Waals surface area contributed by atoms with E-state index in [2.05, 4.69) is 17.3 Å². The van der Waals surface area contributed by atoms with Crippen LogP contribution in [0.3, 0.4) is 0 Å². The first-order valence-corrected chi connectivity index (χ1v) is 6.98. The smallest absolute Gasteiger partial charge is 0.407 e. The predicted octanol–water partition coefficient (Wildman–Crippen LogP) is 1.60. The highest BCUT2D eigenvalue weighted by molar-refractivity contribution is 5.67. The molecule has 0 saturated carbocycles. The molecule has 1 amide bonds. The second-order valence-corrected chi connectivity index (χ2v) is 6.79. The summed E-state index contributed by atoms with van der Waals surface area (Å²) in [5, 5.41) is 13.1. The molecule has 112 valence electrons. The van der Waals surface area contributed by atoms with Gasteiger partial charge in [0.2, 0.25) is 0 Å². The van der Waals surface area contributed by atoms with Crippen molar-refractivity contribution in [2.45, 2.75) is 51.7 Å². The van der Waals surface area contributed by atoms with Crippen molar-refractivity contribution in [3.05, 3.63) is 0 Å². The van der Waals surface area contributed by atoms with Crippen LogP contribution < -0.4 is 5.32 Å². The molecule has 1 unspecified atom stereocenters. The molecule has 0 spiro atoms. The van der Waals surface area contributed by atoms with Crippen LogP contribution in [0, 0.1) is 5.92 Å². The van der Waals surface area contributed by atoms with Gasteiger partial charge in [-0.15, -0.1) is 0 Å². The summed E-state index contributed by atoms with van der Waals surface area (Å²) in [6.07, 6.45) is 1.44. The number of amides is 1. The molecule has 1 saturated heterocycles. The number of hydrogen-bond acceptors (Lipinski definition) is 4. The zero-order valence-corrected chi connectivity index (χ0v) is 12.8. The Morgan fingerprint density at radius 2 is 1.84 bits per heavy atom. The average molecular weight is 272 g/mol. The molecule has 1 aliphatic heterocycles. The van der Waals surface area contributed by atoms with E-state index in [1.807, 2.05) is 20.8 Å². The second-order valence-electron chi connectivity index (χ2n) is 6.79. The maximum Gasteiger partial charge on any atom is 0.407 e. The first kappa shape index (κ1) is 16.2. The number of rotatable bonds is 3. The summed E-state index contributed by atoms with van der Waals surface area (Å²) in [4.78, 5) is 13.8. The van der Waals surface area contributed by atoms with Crippen molar-refractivity contribution in [2.24, 2.45) is 5.92 Å². The van der Waals surface area contributed by atoms with Crippen molar-refractivity contribution >= 4 is 6.09 Å². The van der Waals surface area contributed by atoms with Crippen LogP contribution >= 0.6 is 0 Å². The van der Waals surface area contributed by atoms with E-state index in [1.165, 1.54) is 0 Å². The molecule has 5 heteroatoms. The third-order valence-corrected chi connectivity index (χ3v) is 3.59. The Kier molecular flexibility index (Phi) is 5.21. The quantitative estimate of drug-likeness (QED) is 0.819. The number of carbonyl (C=O) groups is 1. The van der Waals surface area contributed by atoms with Gasteiger partial charge in [-0.05, 0) is 66.6 Å². The van der Waals surface area contributed by atoms with Gasteiger partial charge < -0.3 is 20.1 Å². The van der Waals surface area contributed by atoms with E-state index in [0.717, 1.165) is 25.9 Å². The molecular weight excluding hydrogens is 244 g/mol. The Hall–Kier alpha value is -0.810. The Morgan fingerprint density at radius 1 is 1.32 bits per heavy atom. The van der Waals surface area contributed by atoms with Gasteiger partial charge in [-0.3, -0.25) is 0 Å². The highest BCUT2D eigenvalue weighted by Crippen LogP contribution is 2.27. The third-order valence-electron chi connectivity index (χ3n) is 3.59. The highest BCUT2D eigenvalue weighted by Gasteiger charge is 2.34. The minimum absolute atomic E-state index is 0.221. The lowest BCUT2D eigenvalue weighted by atomic mass is 9.82. The first-order valence-electron chi connectivity index (χ1n) is 6.98. The summed E-state index contributed by atoms with van der Waals surface area (Å²) in [5.74, 6) is 0.221. The van der Waals surface area contributed by atoms with Gasteiger partial charge in [-0.1, -0.05) is 0 Å². The van der Waals surface area contributed by atoms with Gasteiger partial charge in [0.1, 0.15) is 5.60 Å². The highest BCUT2D eigenvalue weighted by atomic mass is 16.6. The van der Waals surface area contributed by atoms with E-state index in [4.69, 9.17) is 4.74 Å². The topological polar surface area (TPSA) is 61.8 Å². The molecule has 2 N–H and O–H groups in total. The second kappa shape index (κ2) is 6.09. The minimum Gasteiger partial charge on any atom is -0.444 e. The van der Waals surface area contributed by atoms with E-state index in [9.17, 15) is 9.90 Å². The van der Waals surface area contributed by atoms with Crippen LogP contribution in [0.4, 0.5) is 4.79 Å². The Balaban J connectivity index is 2.40. The molecule has 0 aliphatic carbocycles. The average Bonchev–Trinajstić information content (AvgIpc) is 2.25. The number of likely N-dealkylation sites (tertiary alicyclic amines) is 1. The number of ether oxygens (including phenoxy) is 1. The normalized spacial score (nSPS) is 21.8. The number of nitrogens with one attached hydrogen (secondary N) is 1. The van der Waals surface area contributed by atoms with Crippen molar-refractivity contribution in [1.29, 1.82) is 0 Å². The number of hydrogen-bond donors (Lipinski definition) is 2. The fourth-order valence-electron chi connectivity index (χ4n) is 2.34. The zero-order chi connectivity index (χ0) is 14.7. The van der Waals surface area contributed by atoms with Crippen LogP contribution in [0.2, 0.25) is 0 Å². The Morgan fingerprint density at radius 3 is 2.32 bits per heavy atom. The maximum atomic E-state index is 11.6. The van der Waals surface area contributed by atoms with Gasteiger partial charge in [0.05, 0.1) is 5.60 Å². The van der Waals surface area contributed by atoms with E-state index in [0.29, 0.717) is 0 Å². The lowest BCUT2D eigenvalue weighted by Gasteiger charge is -2.38. The van der Waals surface area contributed by atoms with Gasteiger partial charge in [0.15, 0.2) is 0 Å². The maximum absolute atomic E-state index is 11.6. The van der Waals surface area contributed by atoms with Crippen LogP contribution in [0.15, 0.2) is 0 Å². The SMILES string of the molecule is CN1CCC(C(C)(O)CNC(=O)OC(C)(C)C)CC1. The fourth-order valence-corrected chi connectivity index (χ4v) is 2.34. The Labute approximate surface area is 116 Å². The minimum atomic E-state index is -0.877. The van der Waals surface area contributed by atoms with Crippen molar-refractivity contribution in [2.75, 3.05) is 26.7 Å². The lowest BCUT2D eigenvalue weighted by Crippen LogP contribution is -2.50. The monoisotopic (exact) mass is 272 g/mol. The number of aliphatic hydroxyl groups is 1. The number of piperidine rings is 1. The van der Waals surface area contributed by atoms with Gasteiger partial charge in [-0.25, -0.2) is 4.79 Å². The summed E-state index contributed by atoms with van der Waals surface area (Å²) >= 11 is 0. The molecule has 5 nitrogen and oxygen atoms in total. The van der Waals surface area contributed by atoms with Crippen molar-refractivity contribution in [3.8, 4) is 0 Å². The molecule has 1 fully saturated rings. The zero-order valence-electron chi connectivity index (χ0n) is 12.8. The van der Waals surface area contributed by atoms with E-state index >= 15 is 0 Å². The van der Waals surface area contributed by atoms with Crippen molar-refractivity contribution < 1.29 is 14.6 Å². The van der Waals surface area contributed by atoms with Crippen LogP contribution in [0.1, 0.15) is 40.5 Å². The Bertz CT molecular complexity index is 302. The summed E-state index contributed by atoms with van der Waals surface area (Å²) < 4.78 is 5.17. The molecule has 1 aliphatic rings. The molecule has 1 rings (SSSR count). The standard InChI is InChI=1S/C14H28N2O3/c1-13(2,3)19-12(17)15-10-14(4,18)11-6-8-16(5)9-7-11/h11,18H,6-10H2,1-5H3,(H,15,17). The van der Waals surface area contributed by atoms with Crippen LogP contribution in [-0.4, -0.2) is 54.0 Å². The molecule has 0 aromatic carbocycles. The summed E-state index contributed by atoms with van der Waals surface area (Å²) in [6.45, 7) is 9.47. The number of carbonyl (C=O) groups excluding carboxylic acids is 1. The summed E-state index contributed by atoms with van der Waals surface area (Å²) in [7, 11) is 2.09. The summed E-state index contributed by atoms with van der Waals surface area (Å²) in [5.41, 5.74) is -1.39. The van der Waals surface area contributed by atoms with Crippen LogP contribution in [-0.2, 0) is 4.74 Å². The van der Waals surface area contributed by atoms with E-state index in [-0.39, 0.29) is 12.5 Å². The molecule has 1 heterocycles. The molecule has 1 atom stereocenters. The molecule has 19 heavy (non-hydrogen) atoms. The van der Waals surface area contributed by atoms with E-state index < -0.39 is 17.3 Å². The number of nitrogens with zero attached hydrogens (tertiary/aromatic N) is 1. The molecule has 0 aromatic rings. The fraction of sp³-hybridized carbons (Fsp3) is 0.929. The molecular formula is C14H28N2O3. The van der Waals surface area contributed by atoms with Gasteiger partial charge in [0.25, 0.3) is 0 Å².